The van der Waals surface area contributed by atoms with Crippen molar-refractivity contribution in [3.05, 3.63) is 23.3 Å². The van der Waals surface area contributed by atoms with Crippen molar-refractivity contribution in [1.29, 1.82) is 0 Å². The molecule has 0 aliphatic rings. The van der Waals surface area contributed by atoms with Gasteiger partial charge in [0.25, 0.3) is 0 Å². The number of hydrogen-bond acceptors (Lipinski definition) is 5. The number of aliphatic hydroxyl groups excluding tert-OH is 2. The molecule has 0 saturated carbocycles. The second-order valence-electron chi connectivity index (χ2n) is 3.89. The van der Waals surface area contributed by atoms with E-state index < -0.39 is 24.1 Å². The van der Waals surface area contributed by atoms with Gasteiger partial charge < -0.3 is 14.9 Å². The molecule has 0 spiro atoms. The number of rotatable bonds is 4. The first kappa shape index (κ1) is 15.5. The lowest BCUT2D eigenvalue weighted by Crippen LogP contribution is -2.23. The van der Waals surface area contributed by atoms with Crippen LogP contribution in [0.2, 0.25) is 0 Å². The van der Waals surface area contributed by atoms with Gasteiger partial charge in [0.15, 0.2) is 0 Å². The number of hydrogen-bond donors (Lipinski definition) is 2. The Morgan fingerprint density at radius 2 is 1.47 bits per heavy atom. The van der Waals surface area contributed by atoms with Crippen LogP contribution in [0.5, 0.6) is 0 Å². The molecule has 0 aromatic heterocycles. The van der Waals surface area contributed by atoms with Gasteiger partial charge in [-0.05, 0) is 33.3 Å². The fraction of sp³-hybridized carbons (Fsp3) is 0.500. The molecule has 0 aromatic rings. The van der Waals surface area contributed by atoms with Gasteiger partial charge in [-0.3, -0.25) is 0 Å². The molecule has 0 radical (unpaired) electrons. The van der Waals surface area contributed by atoms with Crippen molar-refractivity contribution < 1.29 is 24.5 Å². The van der Waals surface area contributed by atoms with E-state index in [1.54, 1.807) is 0 Å². The van der Waals surface area contributed by atoms with Gasteiger partial charge in [-0.15, -0.1) is 0 Å². The average Bonchev–Trinajstić information content (AvgIpc) is 2.15. The summed E-state index contributed by atoms with van der Waals surface area (Å²) in [6.45, 7) is 8.97. The maximum Gasteiger partial charge on any atom is 0.341 e. The highest BCUT2D eigenvalue weighted by atomic mass is 16.6. The Morgan fingerprint density at radius 1 is 1.06 bits per heavy atom. The summed E-state index contributed by atoms with van der Waals surface area (Å²) < 4.78 is 4.50. The van der Waals surface area contributed by atoms with E-state index in [9.17, 15) is 19.8 Å². The second kappa shape index (κ2) is 6.32. The number of aliphatic hydroxyl groups is 2. The molecule has 96 valence electrons. The molecule has 2 unspecified atom stereocenters. The summed E-state index contributed by atoms with van der Waals surface area (Å²) in [4.78, 5) is 22.7. The Hall–Kier alpha value is -1.46. The number of carbonyl (C=O) groups is 2. The fourth-order valence-electron chi connectivity index (χ4n) is 1.34. The Kier molecular flexibility index (Phi) is 5.78. The molecular weight excluding hydrogens is 224 g/mol. The highest BCUT2D eigenvalue weighted by Crippen LogP contribution is 2.15. The predicted octanol–water partition coefficient (Wildman–Crippen LogP) is 0.710. The summed E-state index contributed by atoms with van der Waals surface area (Å²) >= 11 is 0. The molecule has 0 aliphatic heterocycles. The zero-order chi connectivity index (χ0) is 13.7. The Labute approximate surface area is 100 Å². The molecule has 0 aliphatic carbocycles. The van der Waals surface area contributed by atoms with E-state index in [1.807, 2.05) is 0 Å². The maximum absolute atomic E-state index is 11.5. The van der Waals surface area contributed by atoms with Gasteiger partial charge in [-0.25, -0.2) is 9.59 Å². The first-order valence-corrected chi connectivity index (χ1v) is 5.17. The van der Waals surface area contributed by atoms with Gasteiger partial charge in [0.2, 0.25) is 0 Å². The molecule has 0 bridgehead atoms. The van der Waals surface area contributed by atoms with Crippen molar-refractivity contribution in [2.45, 2.75) is 39.9 Å². The summed E-state index contributed by atoms with van der Waals surface area (Å²) in [5.74, 6) is -1.72. The van der Waals surface area contributed by atoms with Crippen LogP contribution >= 0.6 is 0 Å². The SMILES string of the molecule is C=C(C)C(=O)OC(=O)C(C)=C(C(C)O)C(C)O. The molecule has 2 N–H and O–H groups in total. The Morgan fingerprint density at radius 3 is 1.76 bits per heavy atom. The highest BCUT2D eigenvalue weighted by molar-refractivity contribution is 6.01. The summed E-state index contributed by atoms with van der Waals surface area (Å²) in [5.41, 5.74) is 0.246. The monoisotopic (exact) mass is 242 g/mol. The van der Waals surface area contributed by atoms with E-state index in [-0.39, 0.29) is 16.7 Å². The smallest absolute Gasteiger partial charge is 0.341 e. The molecule has 0 saturated heterocycles. The van der Waals surface area contributed by atoms with E-state index in [0.29, 0.717) is 0 Å². The summed E-state index contributed by atoms with van der Waals surface area (Å²) in [5, 5.41) is 18.8. The quantitative estimate of drug-likeness (QED) is 0.431. The first-order valence-electron chi connectivity index (χ1n) is 5.17. The van der Waals surface area contributed by atoms with Gasteiger partial charge in [-0.1, -0.05) is 6.58 Å². The van der Waals surface area contributed by atoms with Crippen LogP contribution in [0.4, 0.5) is 0 Å². The second-order valence-corrected chi connectivity index (χ2v) is 3.89. The third-order valence-electron chi connectivity index (χ3n) is 2.17. The van der Waals surface area contributed by atoms with Gasteiger partial charge in [0.1, 0.15) is 0 Å². The van der Waals surface area contributed by atoms with E-state index in [0.717, 1.165) is 0 Å². The molecule has 0 aromatic carbocycles. The number of esters is 2. The average molecular weight is 242 g/mol. The molecule has 5 heteroatoms. The van der Waals surface area contributed by atoms with Crippen molar-refractivity contribution in [3.63, 3.8) is 0 Å². The summed E-state index contributed by atoms with van der Waals surface area (Å²) in [7, 11) is 0. The van der Waals surface area contributed by atoms with Crippen molar-refractivity contribution >= 4 is 11.9 Å². The van der Waals surface area contributed by atoms with Crippen LogP contribution < -0.4 is 0 Å². The van der Waals surface area contributed by atoms with Crippen molar-refractivity contribution in [1.82, 2.24) is 0 Å². The minimum Gasteiger partial charge on any atom is -0.389 e. The number of ether oxygens (including phenoxy) is 1. The largest absolute Gasteiger partial charge is 0.389 e. The molecule has 0 fully saturated rings. The molecule has 2 atom stereocenters. The van der Waals surface area contributed by atoms with Gasteiger partial charge in [-0.2, -0.15) is 0 Å². The summed E-state index contributed by atoms with van der Waals surface area (Å²) in [6, 6.07) is 0. The zero-order valence-corrected chi connectivity index (χ0v) is 10.5. The molecule has 5 nitrogen and oxygen atoms in total. The van der Waals surface area contributed by atoms with Crippen LogP contribution in [-0.2, 0) is 14.3 Å². The van der Waals surface area contributed by atoms with Gasteiger partial charge in [0.05, 0.1) is 12.2 Å². The lowest BCUT2D eigenvalue weighted by atomic mass is 10.00. The van der Waals surface area contributed by atoms with Crippen LogP contribution in [0.25, 0.3) is 0 Å². The van der Waals surface area contributed by atoms with Crippen molar-refractivity contribution in [3.8, 4) is 0 Å². The molecule has 0 rings (SSSR count). The molecule has 0 heterocycles. The van der Waals surface area contributed by atoms with Gasteiger partial charge >= 0.3 is 11.9 Å². The normalized spacial score (nSPS) is 13.5. The standard InChI is InChI=1S/C12H18O5/c1-6(2)11(15)17-12(16)7(3)10(8(4)13)9(5)14/h8-9,13-14H,1H2,2-5H3. The maximum atomic E-state index is 11.5. The fourth-order valence-corrected chi connectivity index (χ4v) is 1.34. The highest BCUT2D eigenvalue weighted by Gasteiger charge is 2.21. The zero-order valence-electron chi connectivity index (χ0n) is 10.5. The lowest BCUT2D eigenvalue weighted by Gasteiger charge is -2.16. The Balaban J connectivity index is 5.06. The minimum absolute atomic E-state index is 0.0181. The third-order valence-corrected chi connectivity index (χ3v) is 2.17. The van der Waals surface area contributed by atoms with E-state index in [4.69, 9.17) is 0 Å². The van der Waals surface area contributed by atoms with E-state index in [2.05, 4.69) is 11.3 Å². The first-order chi connectivity index (χ1) is 7.68. The summed E-state index contributed by atoms with van der Waals surface area (Å²) in [6.07, 6.45) is -2.00. The van der Waals surface area contributed by atoms with Crippen molar-refractivity contribution in [2.24, 2.45) is 0 Å². The molecule has 17 heavy (non-hydrogen) atoms. The van der Waals surface area contributed by atoms with E-state index >= 15 is 0 Å². The molecule has 0 amide bonds. The van der Waals surface area contributed by atoms with Gasteiger partial charge in [0, 0.05) is 11.1 Å². The van der Waals surface area contributed by atoms with E-state index in [1.165, 1.54) is 27.7 Å². The van der Waals surface area contributed by atoms with Crippen LogP contribution in [-0.4, -0.2) is 34.4 Å². The molecular formula is C12H18O5. The number of carbonyl (C=O) groups excluding carboxylic acids is 2. The van der Waals surface area contributed by atoms with Crippen molar-refractivity contribution in [2.75, 3.05) is 0 Å². The third kappa shape index (κ3) is 4.50. The topological polar surface area (TPSA) is 83.8 Å². The van der Waals surface area contributed by atoms with Crippen LogP contribution in [0.15, 0.2) is 23.3 Å². The van der Waals surface area contributed by atoms with Crippen LogP contribution in [0.1, 0.15) is 27.7 Å². The lowest BCUT2D eigenvalue weighted by molar-refractivity contribution is -0.154. The minimum atomic E-state index is -0.998. The predicted molar refractivity (Wildman–Crippen MR) is 62.0 cm³/mol. The van der Waals surface area contributed by atoms with Crippen LogP contribution in [0, 0.1) is 0 Å². The van der Waals surface area contributed by atoms with Crippen LogP contribution in [0.3, 0.4) is 0 Å². The Bertz CT molecular complexity index is 353.